The number of rotatable bonds is 5. The number of nitrogens with one attached hydrogen (secondary N) is 1. The molecular formula is C16H20FN3O. The summed E-state index contributed by atoms with van der Waals surface area (Å²) < 4.78 is 13.4. The van der Waals surface area contributed by atoms with E-state index in [1.165, 1.54) is 6.07 Å². The van der Waals surface area contributed by atoms with Crippen molar-refractivity contribution in [2.45, 2.75) is 25.8 Å². The Morgan fingerprint density at radius 3 is 3.05 bits per heavy atom. The first-order valence-electron chi connectivity index (χ1n) is 7.31. The lowest BCUT2D eigenvalue weighted by molar-refractivity contribution is -0.121. The Kier molecular flexibility index (Phi) is 5.70. The Bertz CT molecular complexity index is 526. The van der Waals surface area contributed by atoms with Gasteiger partial charge >= 0.3 is 0 Å². The second kappa shape index (κ2) is 7.75. The van der Waals surface area contributed by atoms with Gasteiger partial charge in [-0.2, -0.15) is 5.26 Å². The molecule has 0 aliphatic carbocycles. The lowest BCUT2D eigenvalue weighted by Gasteiger charge is -2.29. The van der Waals surface area contributed by atoms with E-state index in [1.807, 2.05) is 0 Å². The molecule has 0 saturated carbocycles. The molecule has 1 N–H and O–H groups in total. The molecule has 1 amide bonds. The summed E-state index contributed by atoms with van der Waals surface area (Å²) in [6.45, 7) is 2.56. The molecular weight excluding hydrogens is 269 g/mol. The highest BCUT2D eigenvalue weighted by atomic mass is 19.1. The Hall–Kier alpha value is -1.93. The molecule has 21 heavy (non-hydrogen) atoms. The monoisotopic (exact) mass is 289 g/mol. The maximum Gasteiger partial charge on any atom is 0.221 e. The van der Waals surface area contributed by atoms with Crippen LogP contribution in [0.1, 0.15) is 24.8 Å². The first kappa shape index (κ1) is 15.5. The van der Waals surface area contributed by atoms with E-state index in [2.05, 4.69) is 16.3 Å². The molecule has 2 rings (SSSR count). The molecule has 1 aromatic rings. The number of amides is 1. The van der Waals surface area contributed by atoms with Gasteiger partial charge in [0.15, 0.2) is 0 Å². The quantitative estimate of drug-likeness (QED) is 0.903. The minimum absolute atomic E-state index is 0.0835. The molecule has 0 spiro atoms. The Labute approximate surface area is 124 Å². The van der Waals surface area contributed by atoms with Crippen LogP contribution in [0.4, 0.5) is 4.39 Å². The number of hydrogen-bond acceptors (Lipinski definition) is 3. The number of halogens is 1. The summed E-state index contributed by atoms with van der Waals surface area (Å²) in [7, 11) is 0. The third-order valence-corrected chi connectivity index (χ3v) is 3.78. The van der Waals surface area contributed by atoms with E-state index < -0.39 is 0 Å². The zero-order valence-corrected chi connectivity index (χ0v) is 12.0. The molecule has 1 aliphatic heterocycles. The van der Waals surface area contributed by atoms with Crippen molar-refractivity contribution >= 4 is 5.91 Å². The van der Waals surface area contributed by atoms with Crippen molar-refractivity contribution < 1.29 is 9.18 Å². The number of nitriles is 1. The lowest BCUT2D eigenvalue weighted by Crippen LogP contribution is -2.37. The third-order valence-electron chi connectivity index (χ3n) is 3.78. The van der Waals surface area contributed by atoms with Gasteiger partial charge in [-0.25, -0.2) is 4.39 Å². The molecule has 112 valence electrons. The van der Waals surface area contributed by atoms with Crippen LogP contribution < -0.4 is 5.32 Å². The van der Waals surface area contributed by atoms with Crippen LogP contribution in [0.3, 0.4) is 0 Å². The molecule has 4 nitrogen and oxygen atoms in total. The van der Waals surface area contributed by atoms with E-state index in [0.29, 0.717) is 18.5 Å². The highest BCUT2D eigenvalue weighted by Crippen LogP contribution is 2.15. The summed E-state index contributed by atoms with van der Waals surface area (Å²) in [4.78, 5) is 13.9. The van der Waals surface area contributed by atoms with Crippen molar-refractivity contribution in [1.29, 1.82) is 5.26 Å². The van der Waals surface area contributed by atoms with E-state index >= 15 is 0 Å². The summed E-state index contributed by atoms with van der Waals surface area (Å²) >= 11 is 0. The lowest BCUT2D eigenvalue weighted by atomic mass is 10.00. The zero-order valence-electron chi connectivity index (χ0n) is 12.0. The van der Waals surface area contributed by atoms with Crippen LogP contribution in [0.5, 0.6) is 0 Å². The largest absolute Gasteiger partial charge is 0.352 e. The van der Waals surface area contributed by atoms with Gasteiger partial charge in [-0.1, -0.05) is 18.2 Å². The van der Waals surface area contributed by atoms with Crippen LogP contribution >= 0.6 is 0 Å². The Balaban J connectivity index is 1.70. The zero-order chi connectivity index (χ0) is 15.1. The smallest absolute Gasteiger partial charge is 0.221 e. The third kappa shape index (κ3) is 4.83. The second-order valence-electron chi connectivity index (χ2n) is 5.39. The number of likely N-dealkylation sites (tertiary alicyclic amines) is 1. The first-order chi connectivity index (χ1) is 10.2. The van der Waals surface area contributed by atoms with Crippen molar-refractivity contribution in [3.8, 4) is 6.07 Å². The van der Waals surface area contributed by atoms with Gasteiger partial charge in [-0.3, -0.25) is 4.79 Å². The summed E-state index contributed by atoms with van der Waals surface area (Å²) in [5.74, 6) is -0.303. The molecule has 1 aromatic carbocycles. The summed E-state index contributed by atoms with van der Waals surface area (Å²) in [6.07, 6.45) is 2.34. The van der Waals surface area contributed by atoms with Crippen LogP contribution in [-0.4, -0.2) is 30.4 Å². The van der Waals surface area contributed by atoms with Gasteiger partial charge in [0.05, 0.1) is 12.0 Å². The molecule has 1 aliphatic rings. The van der Waals surface area contributed by atoms with Crippen LogP contribution in [0.25, 0.3) is 0 Å². The van der Waals surface area contributed by atoms with Crippen molar-refractivity contribution in [3.05, 3.63) is 35.6 Å². The number of benzene rings is 1. The van der Waals surface area contributed by atoms with E-state index in [-0.39, 0.29) is 24.2 Å². The SMILES string of the molecule is N#CC1CCCN(CCC(=O)NCc2ccccc2F)C1. The van der Waals surface area contributed by atoms with Gasteiger partial charge in [-0.15, -0.1) is 0 Å². The van der Waals surface area contributed by atoms with Crippen LogP contribution in [0.2, 0.25) is 0 Å². The molecule has 1 atom stereocenters. The number of carbonyl (C=O) groups is 1. The van der Waals surface area contributed by atoms with E-state index in [4.69, 9.17) is 5.26 Å². The average Bonchev–Trinajstić information content (AvgIpc) is 2.52. The molecule has 0 aromatic heterocycles. The van der Waals surface area contributed by atoms with Crippen molar-refractivity contribution in [3.63, 3.8) is 0 Å². The standard InChI is InChI=1S/C16H20FN3O/c17-15-6-2-1-5-14(15)11-19-16(21)7-9-20-8-3-4-13(10-18)12-20/h1-2,5-6,13H,3-4,7-9,11-12H2,(H,19,21). The van der Waals surface area contributed by atoms with Crippen LogP contribution in [-0.2, 0) is 11.3 Å². The normalized spacial score (nSPS) is 19.0. The molecule has 1 fully saturated rings. The molecule has 1 heterocycles. The fourth-order valence-electron chi connectivity index (χ4n) is 2.55. The fraction of sp³-hybridized carbons (Fsp3) is 0.500. The second-order valence-corrected chi connectivity index (χ2v) is 5.39. The van der Waals surface area contributed by atoms with E-state index in [0.717, 1.165) is 25.9 Å². The fourth-order valence-corrected chi connectivity index (χ4v) is 2.55. The summed E-state index contributed by atoms with van der Waals surface area (Å²) in [5.41, 5.74) is 0.494. The van der Waals surface area contributed by atoms with Gasteiger partial charge in [0.2, 0.25) is 5.91 Å². The van der Waals surface area contributed by atoms with Crippen LogP contribution in [0, 0.1) is 23.1 Å². The Morgan fingerprint density at radius 1 is 1.48 bits per heavy atom. The summed E-state index contributed by atoms with van der Waals surface area (Å²) in [6, 6.07) is 8.72. The van der Waals surface area contributed by atoms with Gasteiger partial charge in [0.1, 0.15) is 5.82 Å². The van der Waals surface area contributed by atoms with Gasteiger partial charge < -0.3 is 10.2 Å². The maximum absolute atomic E-state index is 13.4. The highest BCUT2D eigenvalue weighted by Gasteiger charge is 2.19. The average molecular weight is 289 g/mol. The minimum atomic E-state index is -0.300. The molecule has 1 unspecified atom stereocenters. The first-order valence-corrected chi connectivity index (χ1v) is 7.31. The predicted molar refractivity (Wildman–Crippen MR) is 77.6 cm³/mol. The molecule has 0 radical (unpaired) electrons. The Morgan fingerprint density at radius 2 is 2.29 bits per heavy atom. The molecule has 0 bridgehead atoms. The molecule has 1 saturated heterocycles. The van der Waals surface area contributed by atoms with E-state index in [1.54, 1.807) is 18.2 Å². The maximum atomic E-state index is 13.4. The van der Waals surface area contributed by atoms with Crippen LogP contribution in [0.15, 0.2) is 24.3 Å². The number of piperidine rings is 1. The van der Waals surface area contributed by atoms with Gasteiger partial charge in [0.25, 0.3) is 0 Å². The van der Waals surface area contributed by atoms with Gasteiger partial charge in [0, 0.05) is 31.6 Å². The number of carbonyl (C=O) groups excluding carboxylic acids is 1. The molecule has 5 heteroatoms. The van der Waals surface area contributed by atoms with E-state index in [9.17, 15) is 9.18 Å². The van der Waals surface area contributed by atoms with Crippen molar-refractivity contribution in [2.75, 3.05) is 19.6 Å². The highest BCUT2D eigenvalue weighted by molar-refractivity contribution is 5.76. The van der Waals surface area contributed by atoms with Crippen molar-refractivity contribution in [1.82, 2.24) is 10.2 Å². The topological polar surface area (TPSA) is 56.1 Å². The predicted octanol–water partition coefficient (Wildman–Crippen LogP) is 2.07. The van der Waals surface area contributed by atoms with Crippen molar-refractivity contribution in [2.24, 2.45) is 5.92 Å². The number of nitrogens with zero attached hydrogens (tertiary/aromatic N) is 2. The van der Waals surface area contributed by atoms with Gasteiger partial charge in [-0.05, 0) is 25.5 Å². The number of hydrogen-bond donors (Lipinski definition) is 1. The summed E-state index contributed by atoms with van der Waals surface area (Å²) in [5, 5.41) is 11.7. The minimum Gasteiger partial charge on any atom is -0.352 e.